The summed E-state index contributed by atoms with van der Waals surface area (Å²) in [6, 6.07) is 4.48. The number of carbonyl (C=O) groups is 2. The Balaban J connectivity index is 0.00000106. The van der Waals surface area contributed by atoms with E-state index in [0.29, 0.717) is 17.4 Å². The summed E-state index contributed by atoms with van der Waals surface area (Å²) in [5, 5.41) is 2.94. The van der Waals surface area contributed by atoms with E-state index in [4.69, 9.17) is 5.53 Å². The number of nitrogens with two attached hydrogens (primary N) is 1. The van der Waals surface area contributed by atoms with Crippen LogP contribution in [-0.2, 0) is 0 Å². The van der Waals surface area contributed by atoms with Crippen molar-refractivity contribution < 1.29 is 9.59 Å². The van der Waals surface area contributed by atoms with E-state index in [2.05, 4.69) is 15.8 Å². The molecule has 1 amide bonds. The third-order valence-electron chi connectivity index (χ3n) is 1.78. The van der Waals surface area contributed by atoms with Crippen molar-refractivity contribution in [3.8, 4) is 0 Å². The van der Waals surface area contributed by atoms with Crippen LogP contribution >= 0.6 is 0 Å². The first-order valence-corrected chi connectivity index (χ1v) is 4.42. The summed E-state index contributed by atoms with van der Waals surface area (Å²) in [6.07, 6.45) is 0.706. The van der Waals surface area contributed by atoms with Crippen LogP contribution in [0, 0.1) is 6.92 Å². The molecule has 0 fully saturated rings. The summed E-state index contributed by atoms with van der Waals surface area (Å²) in [5.41, 5.74) is 14.0. The van der Waals surface area contributed by atoms with Crippen LogP contribution in [0.1, 0.15) is 26.3 Å². The molecule has 0 aliphatic heterocycles. The van der Waals surface area contributed by atoms with Crippen molar-refractivity contribution in [3.05, 3.63) is 45.3 Å². The maximum Gasteiger partial charge on any atom is 0.249 e. The van der Waals surface area contributed by atoms with Gasteiger partial charge in [-0.2, -0.15) is 0 Å². The molecule has 84 valence electrons. The lowest BCUT2D eigenvalue weighted by atomic mass is 10.1. The molecule has 1 aromatic carbocycles. The second kappa shape index (κ2) is 7.17. The summed E-state index contributed by atoms with van der Waals surface area (Å²) in [5.74, 6) is -0.645. The van der Waals surface area contributed by atoms with E-state index in [0.717, 1.165) is 0 Å². The zero-order chi connectivity index (χ0) is 12.6. The number of azide groups is 1. The summed E-state index contributed by atoms with van der Waals surface area (Å²) in [6.45, 7) is 1.70. The zero-order valence-corrected chi connectivity index (χ0v) is 9.04. The molecule has 0 aliphatic rings. The highest BCUT2D eigenvalue weighted by molar-refractivity contribution is 5.95. The third-order valence-corrected chi connectivity index (χ3v) is 1.78. The van der Waals surface area contributed by atoms with Gasteiger partial charge in [0, 0.05) is 16.0 Å². The topological polar surface area (TPSA) is 109 Å². The quantitative estimate of drug-likeness (QED) is 0.355. The van der Waals surface area contributed by atoms with Gasteiger partial charge in [0.1, 0.15) is 6.29 Å². The van der Waals surface area contributed by atoms with Gasteiger partial charge in [-0.3, -0.25) is 9.59 Å². The molecule has 0 unspecified atom stereocenters. The number of rotatable bonds is 2. The molecule has 6 nitrogen and oxygen atoms in total. The molecule has 1 aromatic rings. The second-order valence-corrected chi connectivity index (χ2v) is 2.68. The van der Waals surface area contributed by atoms with Crippen LogP contribution in [0.4, 0.5) is 0 Å². The van der Waals surface area contributed by atoms with E-state index in [-0.39, 0.29) is 5.56 Å². The molecule has 6 heteroatoms. The van der Waals surface area contributed by atoms with E-state index in [1.807, 2.05) is 0 Å². The Kier molecular flexibility index (Phi) is 6.19. The van der Waals surface area contributed by atoms with Gasteiger partial charge in [0.25, 0.3) is 0 Å². The van der Waals surface area contributed by atoms with Gasteiger partial charge in [-0.05, 0) is 36.2 Å². The number of amides is 1. The maximum atomic E-state index is 11.1. The molecule has 0 radical (unpaired) electrons. The maximum absolute atomic E-state index is 11.1. The van der Waals surface area contributed by atoms with Crippen LogP contribution in [0.3, 0.4) is 0 Å². The van der Waals surface area contributed by atoms with E-state index < -0.39 is 5.91 Å². The lowest BCUT2D eigenvalue weighted by Gasteiger charge is -1.99. The van der Waals surface area contributed by atoms with Crippen molar-refractivity contribution in [2.45, 2.75) is 6.92 Å². The number of hydrogen-bond acceptors (Lipinski definition) is 3. The van der Waals surface area contributed by atoms with Crippen molar-refractivity contribution in [3.63, 3.8) is 0 Å². The number of nitrogens with zero attached hydrogens (tertiary/aromatic N) is 3. The Bertz CT molecular complexity index is 436. The van der Waals surface area contributed by atoms with Crippen molar-refractivity contribution >= 4 is 12.2 Å². The predicted molar refractivity (Wildman–Crippen MR) is 60.2 cm³/mol. The smallest absolute Gasteiger partial charge is 0.249 e. The fraction of sp³-hybridized carbons (Fsp3) is 0.200. The minimum absolute atomic E-state index is 0.283. The van der Waals surface area contributed by atoms with Crippen molar-refractivity contribution in [1.29, 1.82) is 0 Å². The summed E-state index contributed by atoms with van der Waals surface area (Å²) in [4.78, 5) is 23.9. The molecule has 1 rings (SSSR count). The average Bonchev–Trinajstić information content (AvgIpc) is 2.32. The van der Waals surface area contributed by atoms with Gasteiger partial charge in [0.15, 0.2) is 0 Å². The van der Waals surface area contributed by atoms with Crippen LogP contribution < -0.4 is 5.73 Å². The average molecular weight is 220 g/mol. The highest BCUT2D eigenvalue weighted by atomic mass is 16.1. The molecule has 0 saturated carbocycles. The lowest BCUT2D eigenvalue weighted by molar-refractivity contribution is 0.0999. The van der Waals surface area contributed by atoms with Crippen LogP contribution in [0.25, 0.3) is 10.4 Å². The van der Waals surface area contributed by atoms with E-state index in [1.165, 1.54) is 25.2 Å². The van der Waals surface area contributed by atoms with Crippen LogP contribution in [0.5, 0.6) is 0 Å². The van der Waals surface area contributed by atoms with Crippen molar-refractivity contribution in [1.82, 2.24) is 0 Å². The number of aryl methyl sites for hydroxylation is 1. The van der Waals surface area contributed by atoms with E-state index >= 15 is 0 Å². The monoisotopic (exact) mass is 220 g/mol. The fourth-order valence-corrected chi connectivity index (χ4v) is 1.04. The molecule has 0 atom stereocenters. The first kappa shape index (κ1) is 13.8. The Morgan fingerprint density at radius 2 is 2.12 bits per heavy atom. The van der Waals surface area contributed by atoms with Gasteiger partial charge in [-0.25, -0.2) is 0 Å². The third kappa shape index (κ3) is 3.53. The van der Waals surface area contributed by atoms with Gasteiger partial charge in [-0.15, -0.1) is 0 Å². The first-order chi connectivity index (χ1) is 7.69. The number of hydrogen-bond donors (Lipinski definition) is 1. The van der Waals surface area contributed by atoms with Gasteiger partial charge in [-0.1, -0.05) is 12.1 Å². The van der Waals surface area contributed by atoms with Crippen LogP contribution in [0.2, 0.25) is 0 Å². The summed E-state index contributed by atoms with van der Waals surface area (Å²) in [7, 11) is 1.50. The lowest BCUT2D eigenvalue weighted by Crippen LogP contribution is -1.96. The largest absolute Gasteiger partial charge is 0.333 e. The van der Waals surface area contributed by atoms with E-state index in [9.17, 15) is 9.59 Å². The molecule has 16 heavy (non-hydrogen) atoms. The van der Waals surface area contributed by atoms with Gasteiger partial charge in [0.2, 0.25) is 5.91 Å². The number of benzene rings is 1. The van der Waals surface area contributed by atoms with Gasteiger partial charge < -0.3 is 5.73 Å². The standard InChI is InChI=1S/C9H7N3O2.CH5N/c1-6-4-7(9(14)11-12-10)2-3-8(6)5-13;1-2/h2-5H,1H3;2H2,1H3. The first-order valence-electron chi connectivity index (χ1n) is 4.42. The van der Waals surface area contributed by atoms with Gasteiger partial charge in [0.05, 0.1) is 0 Å². The van der Waals surface area contributed by atoms with Crippen molar-refractivity contribution in [2.24, 2.45) is 10.8 Å². The van der Waals surface area contributed by atoms with E-state index in [1.54, 1.807) is 6.92 Å². The Morgan fingerprint density at radius 1 is 1.50 bits per heavy atom. The normalized spacial score (nSPS) is 8.19. The predicted octanol–water partition coefficient (Wildman–Crippen LogP) is 1.83. The van der Waals surface area contributed by atoms with Crippen LogP contribution in [-0.4, -0.2) is 19.2 Å². The van der Waals surface area contributed by atoms with Crippen LogP contribution in [0.15, 0.2) is 23.3 Å². The van der Waals surface area contributed by atoms with Crippen molar-refractivity contribution in [2.75, 3.05) is 7.05 Å². The Labute approximate surface area is 92.7 Å². The SMILES string of the molecule is CN.Cc1cc(C(=O)N=[N+]=[N-])ccc1C=O. The summed E-state index contributed by atoms with van der Waals surface area (Å²) < 4.78 is 0. The molecular formula is C10H12N4O2. The molecule has 0 aliphatic carbocycles. The molecular weight excluding hydrogens is 208 g/mol. The molecule has 0 bridgehead atoms. The fourth-order valence-electron chi connectivity index (χ4n) is 1.04. The summed E-state index contributed by atoms with van der Waals surface area (Å²) >= 11 is 0. The zero-order valence-electron chi connectivity index (χ0n) is 9.04. The number of carbonyl (C=O) groups excluding carboxylic acids is 2. The molecule has 0 aromatic heterocycles. The number of aldehydes is 1. The Hall–Kier alpha value is -2.17. The molecule has 0 heterocycles. The molecule has 2 N–H and O–H groups in total. The highest BCUT2D eigenvalue weighted by Crippen LogP contribution is 2.10. The minimum Gasteiger partial charge on any atom is -0.333 e. The van der Waals surface area contributed by atoms with Gasteiger partial charge >= 0.3 is 0 Å². The second-order valence-electron chi connectivity index (χ2n) is 2.68. The Morgan fingerprint density at radius 3 is 2.56 bits per heavy atom. The molecule has 0 spiro atoms. The molecule has 0 saturated heterocycles. The minimum atomic E-state index is -0.645. The highest BCUT2D eigenvalue weighted by Gasteiger charge is 2.04.